The third-order valence-electron chi connectivity index (χ3n) is 3.09. The summed E-state index contributed by atoms with van der Waals surface area (Å²) in [6.07, 6.45) is 5.62. The average Bonchev–Trinajstić information content (AvgIpc) is 2.44. The van der Waals surface area contributed by atoms with E-state index in [1.165, 1.54) is 5.56 Å². The first-order valence-corrected chi connectivity index (χ1v) is 7.53. The minimum absolute atomic E-state index is 0.0186. The Bertz CT molecular complexity index is 543. The van der Waals surface area contributed by atoms with Crippen LogP contribution < -0.4 is 10.5 Å². The van der Waals surface area contributed by atoms with Gasteiger partial charge in [-0.2, -0.15) is 0 Å². The summed E-state index contributed by atoms with van der Waals surface area (Å²) in [7, 11) is 0. The molecule has 0 saturated heterocycles. The largest absolute Gasteiger partial charge is 0.494 e. The van der Waals surface area contributed by atoms with Crippen LogP contribution in [0.2, 0.25) is 0 Å². The van der Waals surface area contributed by atoms with Crippen molar-refractivity contribution in [3.8, 4) is 5.75 Å². The van der Waals surface area contributed by atoms with E-state index in [1.807, 2.05) is 49.6 Å². The first-order valence-electron chi connectivity index (χ1n) is 6.73. The molecule has 0 bridgehead atoms. The molecule has 2 rings (SSSR count). The number of pyridine rings is 1. The number of hydrogen-bond donors (Lipinski definition) is 1. The van der Waals surface area contributed by atoms with Gasteiger partial charge in [0.1, 0.15) is 5.75 Å². The summed E-state index contributed by atoms with van der Waals surface area (Å²) in [4.78, 5) is 4.01. The summed E-state index contributed by atoms with van der Waals surface area (Å²) >= 11 is 3.53. The molecule has 0 aliphatic carbocycles. The number of aromatic nitrogens is 1. The molecule has 0 aliphatic heterocycles. The number of hydrogen-bond acceptors (Lipinski definition) is 3. The molecule has 2 aromatic rings. The lowest BCUT2D eigenvalue weighted by atomic mass is 10.1. The zero-order chi connectivity index (χ0) is 14.4. The maximum atomic E-state index is 5.87. The first kappa shape index (κ1) is 15.0. The molecular weight excluding hydrogens is 316 g/mol. The Morgan fingerprint density at radius 3 is 2.65 bits per heavy atom. The number of aryl methyl sites for hydroxylation is 1. The van der Waals surface area contributed by atoms with Gasteiger partial charge < -0.3 is 10.5 Å². The highest BCUT2D eigenvalue weighted by molar-refractivity contribution is 9.10. The Balaban J connectivity index is 1.81. The number of ether oxygens (including phenoxy) is 1. The Labute approximate surface area is 128 Å². The molecule has 0 radical (unpaired) electrons. The van der Waals surface area contributed by atoms with E-state index in [2.05, 4.69) is 20.9 Å². The van der Waals surface area contributed by atoms with Gasteiger partial charge in [0.25, 0.3) is 0 Å². The van der Waals surface area contributed by atoms with E-state index in [0.29, 0.717) is 6.61 Å². The highest BCUT2D eigenvalue weighted by Gasteiger charge is 2.06. The molecule has 0 saturated carbocycles. The SMILES string of the molecule is CC(N)c1ccc(OCCCc2ccncc2)cc1Br. The fourth-order valence-electron chi connectivity index (χ4n) is 1.98. The second kappa shape index (κ2) is 7.41. The van der Waals surface area contributed by atoms with E-state index in [-0.39, 0.29) is 6.04 Å². The molecule has 1 aromatic carbocycles. The molecule has 1 heterocycles. The van der Waals surface area contributed by atoms with Crippen molar-refractivity contribution in [2.45, 2.75) is 25.8 Å². The van der Waals surface area contributed by atoms with Crippen molar-refractivity contribution in [2.75, 3.05) is 6.61 Å². The smallest absolute Gasteiger partial charge is 0.120 e. The zero-order valence-electron chi connectivity index (χ0n) is 11.6. The molecule has 0 amide bonds. The molecule has 4 heteroatoms. The van der Waals surface area contributed by atoms with Gasteiger partial charge in [-0.3, -0.25) is 4.98 Å². The number of nitrogens with zero attached hydrogens (tertiary/aromatic N) is 1. The molecule has 1 unspecified atom stereocenters. The van der Waals surface area contributed by atoms with Crippen LogP contribution in [0.3, 0.4) is 0 Å². The summed E-state index contributed by atoms with van der Waals surface area (Å²) in [5.41, 5.74) is 8.26. The molecule has 3 nitrogen and oxygen atoms in total. The second-order valence-corrected chi connectivity index (χ2v) is 5.63. The van der Waals surface area contributed by atoms with Crippen LogP contribution in [0.1, 0.15) is 30.5 Å². The summed E-state index contributed by atoms with van der Waals surface area (Å²) < 4.78 is 6.76. The zero-order valence-corrected chi connectivity index (χ0v) is 13.1. The average molecular weight is 335 g/mol. The van der Waals surface area contributed by atoms with Crippen molar-refractivity contribution >= 4 is 15.9 Å². The monoisotopic (exact) mass is 334 g/mol. The van der Waals surface area contributed by atoms with Crippen molar-refractivity contribution in [3.63, 3.8) is 0 Å². The van der Waals surface area contributed by atoms with Crippen LogP contribution in [0.25, 0.3) is 0 Å². The number of nitrogens with two attached hydrogens (primary N) is 1. The Hall–Kier alpha value is -1.39. The third-order valence-corrected chi connectivity index (χ3v) is 3.78. The Morgan fingerprint density at radius 1 is 1.25 bits per heavy atom. The van der Waals surface area contributed by atoms with Crippen LogP contribution in [0.15, 0.2) is 47.2 Å². The van der Waals surface area contributed by atoms with Gasteiger partial charge in [-0.15, -0.1) is 0 Å². The minimum atomic E-state index is 0.0186. The molecule has 1 aromatic heterocycles. The molecule has 20 heavy (non-hydrogen) atoms. The predicted molar refractivity (Wildman–Crippen MR) is 84.8 cm³/mol. The van der Waals surface area contributed by atoms with Gasteiger partial charge in [0.15, 0.2) is 0 Å². The summed E-state index contributed by atoms with van der Waals surface area (Å²) in [6.45, 7) is 2.67. The van der Waals surface area contributed by atoms with E-state index in [4.69, 9.17) is 10.5 Å². The van der Waals surface area contributed by atoms with Crippen molar-refractivity contribution in [3.05, 3.63) is 58.3 Å². The normalized spacial score (nSPS) is 12.2. The standard InChI is InChI=1S/C16H19BrN2O/c1-12(18)15-5-4-14(11-16(15)17)20-10-2-3-13-6-8-19-9-7-13/h4-9,11-12H,2-3,10,18H2,1H3. The number of benzene rings is 1. The van der Waals surface area contributed by atoms with Gasteiger partial charge in [-0.25, -0.2) is 0 Å². The van der Waals surface area contributed by atoms with Gasteiger partial charge in [-0.1, -0.05) is 22.0 Å². The van der Waals surface area contributed by atoms with Crippen LogP contribution in [-0.2, 0) is 6.42 Å². The molecule has 0 aliphatic rings. The van der Waals surface area contributed by atoms with Gasteiger partial charge >= 0.3 is 0 Å². The van der Waals surface area contributed by atoms with Crippen molar-refractivity contribution in [1.82, 2.24) is 4.98 Å². The molecule has 0 fully saturated rings. The highest BCUT2D eigenvalue weighted by Crippen LogP contribution is 2.26. The lowest BCUT2D eigenvalue weighted by Crippen LogP contribution is -2.06. The number of halogens is 1. The summed E-state index contributed by atoms with van der Waals surface area (Å²) in [5.74, 6) is 0.871. The highest BCUT2D eigenvalue weighted by atomic mass is 79.9. The molecule has 2 N–H and O–H groups in total. The third kappa shape index (κ3) is 4.32. The molecule has 0 spiro atoms. The molecule has 106 valence electrons. The van der Waals surface area contributed by atoms with Crippen molar-refractivity contribution < 1.29 is 4.74 Å². The van der Waals surface area contributed by atoms with Crippen LogP contribution in [0, 0.1) is 0 Å². The Morgan fingerprint density at radius 2 is 2.00 bits per heavy atom. The molecular formula is C16H19BrN2O. The maximum absolute atomic E-state index is 5.87. The number of rotatable bonds is 6. The predicted octanol–water partition coefficient (Wildman–Crippen LogP) is 3.88. The topological polar surface area (TPSA) is 48.1 Å². The lowest BCUT2D eigenvalue weighted by molar-refractivity contribution is 0.310. The van der Waals surface area contributed by atoms with E-state index in [1.54, 1.807) is 0 Å². The second-order valence-electron chi connectivity index (χ2n) is 4.78. The summed E-state index contributed by atoms with van der Waals surface area (Å²) in [6, 6.07) is 10.0. The molecule has 1 atom stereocenters. The van der Waals surface area contributed by atoms with Gasteiger partial charge in [-0.05, 0) is 55.2 Å². The van der Waals surface area contributed by atoms with E-state index in [0.717, 1.165) is 28.6 Å². The van der Waals surface area contributed by atoms with E-state index in [9.17, 15) is 0 Å². The van der Waals surface area contributed by atoms with Crippen molar-refractivity contribution in [2.24, 2.45) is 5.73 Å². The lowest BCUT2D eigenvalue weighted by Gasteiger charge is -2.11. The fraction of sp³-hybridized carbons (Fsp3) is 0.312. The van der Waals surface area contributed by atoms with Crippen LogP contribution in [0.5, 0.6) is 5.75 Å². The van der Waals surface area contributed by atoms with Crippen LogP contribution in [-0.4, -0.2) is 11.6 Å². The van der Waals surface area contributed by atoms with Gasteiger partial charge in [0, 0.05) is 22.9 Å². The van der Waals surface area contributed by atoms with Crippen molar-refractivity contribution in [1.29, 1.82) is 0 Å². The first-order chi connectivity index (χ1) is 9.66. The quantitative estimate of drug-likeness (QED) is 0.815. The van der Waals surface area contributed by atoms with Crippen LogP contribution >= 0.6 is 15.9 Å². The maximum Gasteiger partial charge on any atom is 0.120 e. The fourth-order valence-corrected chi connectivity index (χ4v) is 2.70. The van der Waals surface area contributed by atoms with Gasteiger partial charge in [0.2, 0.25) is 0 Å². The Kier molecular flexibility index (Phi) is 5.56. The summed E-state index contributed by atoms with van der Waals surface area (Å²) in [5, 5.41) is 0. The van der Waals surface area contributed by atoms with Gasteiger partial charge in [0.05, 0.1) is 6.61 Å². The van der Waals surface area contributed by atoms with E-state index < -0.39 is 0 Å². The minimum Gasteiger partial charge on any atom is -0.494 e. The van der Waals surface area contributed by atoms with Crippen LogP contribution in [0.4, 0.5) is 0 Å². The van der Waals surface area contributed by atoms with E-state index >= 15 is 0 Å².